The smallest absolute Gasteiger partial charge is 0.145 e. The van der Waals surface area contributed by atoms with Crippen LogP contribution in [0.15, 0.2) is 122 Å². The Labute approximate surface area is 174 Å². The van der Waals surface area contributed by atoms with Crippen LogP contribution in [0.5, 0.6) is 0 Å². The summed E-state index contributed by atoms with van der Waals surface area (Å²) in [6.07, 6.45) is 9.37. The molecule has 0 fully saturated rings. The lowest BCUT2D eigenvalue weighted by molar-refractivity contribution is 1.06. The summed E-state index contributed by atoms with van der Waals surface area (Å²) < 4.78 is 2.15. The van der Waals surface area contributed by atoms with Crippen molar-refractivity contribution in [2.45, 2.75) is 13.8 Å². The van der Waals surface area contributed by atoms with Crippen molar-refractivity contribution in [1.82, 2.24) is 9.55 Å². The lowest BCUT2D eigenvalue weighted by Crippen LogP contribution is -2.00. The van der Waals surface area contributed by atoms with Gasteiger partial charge < -0.3 is 0 Å². The maximum Gasteiger partial charge on any atom is 0.145 e. The molecule has 0 unspecified atom stereocenters. The topological polar surface area (TPSA) is 17.8 Å². The Bertz CT molecular complexity index is 1080. The van der Waals surface area contributed by atoms with Gasteiger partial charge in [-0.2, -0.15) is 0 Å². The molecule has 0 N–H and O–H groups in total. The molecule has 29 heavy (non-hydrogen) atoms. The summed E-state index contributed by atoms with van der Waals surface area (Å²) in [5, 5.41) is 0. The minimum Gasteiger partial charge on any atom is -0.292 e. The first-order valence-electron chi connectivity index (χ1n) is 9.49. The standard InChI is InChI=1S/C22H20N2.C5H8/c1-5-18(15-17(4)16(2)3)22-23-20-13-9-10-14-21(20)24(22)19-11-7-6-8-12-19;1-3-5-4-2/h5-15H,1-2,4H2,3H3;3-5H,1H2,2H3/b18-15+;5-4-. The molecule has 0 aliphatic carbocycles. The summed E-state index contributed by atoms with van der Waals surface area (Å²) in [7, 11) is 0. The van der Waals surface area contributed by atoms with Crippen LogP contribution in [0, 0.1) is 0 Å². The van der Waals surface area contributed by atoms with E-state index in [1.807, 2.05) is 74.5 Å². The van der Waals surface area contributed by atoms with Crippen LogP contribution in [0.2, 0.25) is 0 Å². The molecular weight excluding hydrogens is 352 g/mol. The van der Waals surface area contributed by atoms with Gasteiger partial charge in [-0.3, -0.25) is 4.57 Å². The molecule has 3 rings (SSSR count). The Kier molecular flexibility index (Phi) is 7.93. The average Bonchev–Trinajstić information content (AvgIpc) is 3.12. The highest BCUT2D eigenvalue weighted by molar-refractivity contribution is 5.85. The fourth-order valence-electron chi connectivity index (χ4n) is 2.72. The molecule has 0 radical (unpaired) electrons. The summed E-state index contributed by atoms with van der Waals surface area (Å²) in [6, 6.07) is 18.3. The zero-order valence-electron chi connectivity index (χ0n) is 17.3. The van der Waals surface area contributed by atoms with Crippen LogP contribution in [-0.2, 0) is 0 Å². The number of hydrogen-bond donors (Lipinski definition) is 0. The third-order valence-corrected chi connectivity index (χ3v) is 4.26. The molecule has 1 aromatic heterocycles. The molecule has 0 atom stereocenters. The first kappa shape index (κ1) is 21.6. The van der Waals surface area contributed by atoms with Crippen molar-refractivity contribution in [1.29, 1.82) is 0 Å². The molecule has 1 heterocycles. The highest BCUT2D eigenvalue weighted by Crippen LogP contribution is 2.27. The summed E-state index contributed by atoms with van der Waals surface area (Å²) in [5.74, 6) is 0.847. The monoisotopic (exact) mass is 380 g/mol. The number of rotatable bonds is 6. The van der Waals surface area contributed by atoms with Crippen molar-refractivity contribution in [2.24, 2.45) is 0 Å². The number of benzene rings is 2. The molecule has 0 saturated heterocycles. The fraction of sp³-hybridized carbons (Fsp3) is 0.0741. The van der Waals surface area contributed by atoms with E-state index in [2.05, 4.69) is 49.1 Å². The van der Waals surface area contributed by atoms with Crippen LogP contribution in [0.25, 0.3) is 22.3 Å². The van der Waals surface area contributed by atoms with E-state index >= 15 is 0 Å². The molecule has 0 aliphatic rings. The number of imidazole rings is 1. The second-order valence-corrected chi connectivity index (χ2v) is 6.47. The maximum absolute atomic E-state index is 4.83. The summed E-state index contributed by atoms with van der Waals surface area (Å²) in [6.45, 7) is 19.3. The van der Waals surface area contributed by atoms with Crippen molar-refractivity contribution >= 4 is 16.6 Å². The number of allylic oxidation sites excluding steroid dienone is 8. The number of nitrogens with zero attached hydrogens (tertiary/aromatic N) is 2. The van der Waals surface area contributed by atoms with Crippen molar-refractivity contribution in [3.8, 4) is 5.69 Å². The van der Waals surface area contributed by atoms with Gasteiger partial charge in [0, 0.05) is 11.3 Å². The Balaban J connectivity index is 0.000000537. The zero-order chi connectivity index (χ0) is 21.2. The first-order valence-corrected chi connectivity index (χ1v) is 9.49. The summed E-state index contributed by atoms with van der Waals surface area (Å²) in [5.41, 5.74) is 5.80. The van der Waals surface area contributed by atoms with E-state index in [1.54, 1.807) is 6.08 Å². The molecule has 0 aliphatic heterocycles. The highest BCUT2D eigenvalue weighted by Gasteiger charge is 2.14. The van der Waals surface area contributed by atoms with Crippen molar-refractivity contribution < 1.29 is 0 Å². The Morgan fingerprint density at radius 3 is 2.17 bits per heavy atom. The van der Waals surface area contributed by atoms with E-state index in [0.29, 0.717) is 0 Å². The van der Waals surface area contributed by atoms with E-state index in [0.717, 1.165) is 39.3 Å². The molecular formula is C27H28N2. The van der Waals surface area contributed by atoms with Gasteiger partial charge >= 0.3 is 0 Å². The molecule has 2 heteroatoms. The third-order valence-electron chi connectivity index (χ3n) is 4.26. The normalized spacial score (nSPS) is 11.0. The van der Waals surface area contributed by atoms with Crippen LogP contribution >= 0.6 is 0 Å². The average molecular weight is 381 g/mol. The van der Waals surface area contributed by atoms with E-state index < -0.39 is 0 Å². The zero-order valence-corrected chi connectivity index (χ0v) is 17.3. The van der Waals surface area contributed by atoms with Gasteiger partial charge in [0.25, 0.3) is 0 Å². The molecule has 146 valence electrons. The largest absolute Gasteiger partial charge is 0.292 e. The molecule has 3 aromatic rings. The minimum atomic E-state index is 0.847. The van der Waals surface area contributed by atoms with Crippen molar-refractivity contribution in [2.75, 3.05) is 0 Å². The van der Waals surface area contributed by atoms with Crippen LogP contribution in [0.4, 0.5) is 0 Å². The van der Waals surface area contributed by atoms with Gasteiger partial charge in [0.05, 0.1) is 11.0 Å². The SMILES string of the molecule is C=C/C(=C\C(=C)C(=C)C)c1nc2ccccc2n1-c1ccccc1.C=C/C=C\C. The number of aromatic nitrogens is 2. The number of para-hydroxylation sites is 3. The van der Waals surface area contributed by atoms with Gasteiger partial charge in [-0.05, 0) is 49.8 Å². The highest BCUT2D eigenvalue weighted by atomic mass is 15.1. The Hall–Kier alpha value is -3.65. The quantitative estimate of drug-likeness (QED) is 0.405. The first-order chi connectivity index (χ1) is 14.0. The predicted octanol–water partition coefficient (Wildman–Crippen LogP) is 7.48. The third kappa shape index (κ3) is 5.43. The molecule has 0 amide bonds. The second-order valence-electron chi connectivity index (χ2n) is 6.47. The lowest BCUT2D eigenvalue weighted by atomic mass is 10.1. The molecule has 2 nitrogen and oxygen atoms in total. The van der Waals surface area contributed by atoms with E-state index in [-0.39, 0.29) is 0 Å². The van der Waals surface area contributed by atoms with Crippen molar-refractivity contribution in [3.05, 3.63) is 128 Å². The van der Waals surface area contributed by atoms with Crippen LogP contribution in [0.1, 0.15) is 19.7 Å². The maximum atomic E-state index is 4.83. The summed E-state index contributed by atoms with van der Waals surface area (Å²) in [4.78, 5) is 4.83. The van der Waals surface area contributed by atoms with Crippen molar-refractivity contribution in [3.63, 3.8) is 0 Å². The van der Waals surface area contributed by atoms with Gasteiger partial charge in [-0.15, -0.1) is 0 Å². The molecule has 0 spiro atoms. The van der Waals surface area contributed by atoms with Crippen LogP contribution in [0.3, 0.4) is 0 Å². The predicted molar refractivity (Wildman–Crippen MR) is 128 cm³/mol. The molecule has 0 saturated carbocycles. The Morgan fingerprint density at radius 1 is 0.966 bits per heavy atom. The lowest BCUT2D eigenvalue weighted by Gasteiger charge is -2.10. The van der Waals surface area contributed by atoms with Crippen LogP contribution in [-0.4, -0.2) is 9.55 Å². The van der Waals surface area contributed by atoms with E-state index in [4.69, 9.17) is 4.98 Å². The molecule has 0 bridgehead atoms. The van der Waals surface area contributed by atoms with Gasteiger partial charge in [-0.25, -0.2) is 4.98 Å². The van der Waals surface area contributed by atoms with Gasteiger partial charge in [0.2, 0.25) is 0 Å². The van der Waals surface area contributed by atoms with Gasteiger partial charge in [0.15, 0.2) is 0 Å². The van der Waals surface area contributed by atoms with Gasteiger partial charge in [-0.1, -0.05) is 86.5 Å². The minimum absolute atomic E-state index is 0.847. The second kappa shape index (κ2) is 10.6. The number of hydrogen-bond acceptors (Lipinski definition) is 1. The van der Waals surface area contributed by atoms with E-state index in [1.165, 1.54) is 0 Å². The van der Waals surface area contributed by atoms with E-state index in [9.17, 15) is 0 Å². The summed E-state index contributed by atoms with van der Waals surface area (Å²) >= 11 is 0. The van der Waals surface area contributed by atoms with Gasteiger partial charge in [0.1, 0.15) is 5.82 Å². The Morgan fingerprint density at radius 2 is 1.62 bits per heavy atom. The van der Waals surface area contributed by atoms with Crippen LogP contribution < -0.4 is 0 Å². The fourth-order valence-corrected chi connectivity index (χ4v) is 2.72. The number of fused-ring (bicyclic) bond motifs is 1. The molecule has 2 aromatic carbocycles.